The maximum Gasteiger partial charge on any atom is 0.240 e. The molecule has 0 radical (unpaired) electrons. The minimum absolute atomic E-state index is 0.0727. The largest absolute Gasteiger partial charge is 0.352 e. The highest BCUT2D eigenvalue weighted by atomic mass is 35.5. The lowest BCUT2D eigenvalue weighted by molar-refractivity contribution is -0.123. The Morgan fingerprint density at radius 3 is 2.58 bits per heavy atom. The first-order valence-electron chi connectivity index (χ1n) is 11.8. The molecule has 0 spiro atoms. The van der Waals surface area contributed by atoms with Crippen LogP contribution in [-0.2, 0) is 15.0 Å². The molecule has 6 nitrogen and oxygen atoms in total. The lowest BCUT2D eigenvalue weighted by Crippen LogP contribution is -2.44. The van der Waals surface area contributed by atoms with Gasteiger partial charge in [0.1, 0.15) is 18.2 Å². The van der Waals surface area contributed by atoms with E-state index in [0.29, 0.717) is 16.5 Å². The van der Waals surface area contributed by atoms with Gasteiger partial charge in [0.15, 0.2) is 0 Å². The van der Waals surface area contributed by atoms with Gasteiger partial charge in [-0.25, -0.2) is 9.07 Å². The summed E-state index contributed by atoms with van der Waals surface area (Å²) < 4.78 is 16.0. The van der Waals surface area contributed by atoms with Crippen LogP contribution in [0.4, 0.5) is 10.2 Å². The molecule has 2 heterocycles. The van der Waals surface area contributed by atoms with Gasteiger partial charge in [0.2, 0.25) is 11.8 Å². The van der Waals surface area contributed by atoms with E-state index in [1.54, 1.807) is 22.9 Å². The standard InChI is InChI=1S/C27H30ClFN4O2S/c1-16(2)30-21(34)14-32-22(35)15-36-24(17-8-6-10-19(29)12-17)23-25(27(3,4)5)31-33(26(23)32)20-11-7-9-18(28)13-20/h6-13,16,24H,14-15H2,1-5H3,(H,30,34)/t24-/m0/s1. The third-order valence-electron chi connectivity index (χ3n) is 5.76. The van der Waals surface area contributed by atoms with Crippen molar-refractivity contribution >= 4 is 41.0 Å². The van der Waals surface area contributed by atoms with Gasteiger partial charge in [-0.1, -0.05) is 50.6 Å². The smallest absolute Gasteiger partial charge is 0.240 e. The second-order valence-corrected chi connectivity index (χ2v) is 11.7. The summed E-state index contributed by atoms with van der Waals surface area (Å²) in [6.45, 7) is 9.74. The lowest BCUT2D eigenvalue weighted by atomic mass is 9.87. The van der Waals surface area contributed by atoms with E-state index in [2.05, 4.69) is 5.32 Å². The van der Waals surface area contributed by atoms with Crippen molar-refractivity contribution in [2.45, 2.75) is 51.3 Å². The SMILES string of the molecule is CC(C)NC(=O)CN1C(=O)CS[C@@H](c2cccc(F)c2)c2c(C(C)(C)C)nn(-c3cccc(Cl)c3)c21. The fraction of sp³-hybridized carbons (Fsp3) is 0.370. The summed E-state index contributed by atoms with van der Waals surface area (Å²) in [5.41, 5.74) is 2.56. The number of rotatable bonds is 5. The molecule has 36 heavy (non-hydrogen) atoms. The van der Waals surface area contributed by atoms with Gasteiger partial charge in [-0.2, -0.15) is 5.10 Å². The van der Waals surface area contributed by atoms with Crippen LogP contribution in [0.1, 0.15) is 56.7 Å². The third-order valence-corrected chi connectivity index (χ3v) is 7.24. The van der Waals surface area contributed by atoms with Gasteiger partial charge < -0.3 is 5.32 Å². The van der Waals surface area contributed by atoms with Gasteiger partial charge in [-0.15, -0.1) is 11.8 Å². The highest BCUT2D eigenvalue weighted by molar-refractivity contribution is 8.00. The first kappa shape index (κ1) is 26.2. The van der Waals surface area contributed by atoms with E-state index >= 15 is 0 Å². The van der Waals surface area contributed by atoms with Crippen molar-refractivity contribution in [2.75, 3.05) is 17.2 Å². The number of hydrogen-bond acceptors (Lipinski definition) is 4. The average Bonchev–Trinajstić information content (AvgIpc) is 3.12. The van der Waals surface area contributed by atoms with E-state index in [1.807, 2.05) is 52.8 Å². The molecule has 2 amide bonds. The Morgan fingerprint density at radius 2 is 1.94 bits per heavy atom. The van der Waals surface area contributed by atoms with Crippen molar-refractivity contribution in [2.24, 2.45) is 0 Å². The topological polar surface area (TPSA) is 67.2 Å². The molecule has 1 N–H and O–H groups in total. The van der Waals surface area contributed by atoms with Crippen LogP contribution in [-0.4, -0.2) is 39.9 Å². The number of hydrogen-bond donors (Lipinski definition) is 1. The van der Waals surface area contributed by atoms with Crippen molar-refractivity contribution in [3.63, 3.8) is 0 Å². The molecule has 0 saturated heterocycles. The van der Waals surface area contributed by atoms with Gasteiger partial charge >= 0.3 is 0 Å². The maximum atomic E-state index is 14.3. The van der Waals surface area contributed by atoms with E-state index in [4.69, 9.17) is 16.7 Å². The van der Waals surface area contributed by atoms with Crippen molar-refractivity contribution < 1.29 is 14.0 Å². The number of benzene rings is 2. The normalized spacial score (nSPS) is 16.2. The molecule has 190 valence electrons. The number of amides is 2. The molecule has 3 aromatic rings. The van der Waals surface area contributed by atoms with Gasteiger partial charge in [-0.05, 0) is 49.7 Å². The number of carbonyl (C=O) groups excluding carboxylic acids is 2. The van der Waals surface area contributed by atoms with Crippen LogP contribution in [0.15, 0.2) is 48.5 Å². The van der Waals surface area contributed by atoms with Gasteiger partial charge in [0.25, 0.3) is 0 Å². The molecule has 2 aromatic carbocycles. The fourth-order valence-corrected chi connectivity index (χ4v) is 5.68. The summed E-state index contributed by atoms with van der Waals surface area (Å²) in [6.07, 6.45) is 0. The molecule has 1 aliphatic heterocycles. The highest BCUT2D eigenvalue weighted by Crippen LogP contribution is 2.48. The number of nitrogens with one attached hydrogen (secondary N) is 1. The minimum Gasteiger partial charge on any atom is -0.352 e. The first-order valence-corrected chi connectivity index (χ1v) is 13.2. The molecule has 9 heteroatoms. The zero-order valence-corrected chi connectivity index (χ0v) is 22.6. The van der Waals surface area contributed by atoms with Crippen molar-refractivity contribution in [1.29, 1.82) is 0 Å². The zero-order chi connectivity index (χ0) is 26.2. The van der Waals surface area contributed by atoms with Gasteiger partial charge in [0.05, 0.1) is 22.4 Å². The van der Waals surface area contributed by atoms with E-state index < -0.39 is 5.41 Å². The van der Waals surface area contributed by atoms with Crippen molar-refractivity contribution in [1.82, 2.24) is 15.1 Å². The fourth-order valence-electron chi connectivity index (χ4n) is 4.31. The summed E-state index contributed by atoms with van der Waals surface area (Å²) in [4.78, 5) is 27.9. The van der Waals surface area contributed by atoms with E-state index in [1.165, 1.54) is 28.8 Å². The Balaban J connectivity index is 2.02. The Labute approximate surface area is 220 Å². The number of nitrogens with zero attached hydrogens (tertiary/aromatic N) is 3. The molecular weight excluding hydrogens is 499 g/mol. The lowest BCUT2D eigenvalue weighted by Gasteiger charge is -2.25. The van der Waals surface area contributed by atoms with Crippen LogP contribution in [0.2, 0.25) is 5.02 Å². The Kier molecular flexibility index (Phi) is 7.48. The molecule has 0 aliphatic carbocycles. The van der Waals surface area contributed by atoms with Crippen LogP contribution in [0.25, 0.3) is 5.69 Å². The molecule has 1 atom stereocenters. The molecule has 0 bridgehead atoms. The summed E-state index contributed by atoms with van der Waals surface area (Å²) >= 11 is 7.74. The summed E-state index contributed by atoms with van der Waals surface area (Å²) in [7, 11) is 0. The first-order chi connectivity index (χ1) is 17.0. The van der Waals surface area contributed by atoms with E-state index in [0.717, 1.165) is 16.8 Å². The molecule has 4 rings (SSSR count). The van der Waals surface area contributed by atoms with Crippen LogP contribution >= 0.6 is 23.4 Å². The molecular formula is C27H30ClFN4O2S. The molecule has 0 saturated carbocycles. The Bertz CT molecular complexity index is 1300. The maximum absolute atomic E-state index is 14.3. The zero-order valence-electron chi connectivity index (χ0n) is 21.0. The highest BCUT2D eigenvalue weighted by Gasteiger charge is 2.40. The number of fused-ring (bicyclic) bond motifs is 1. The van der Waals surface area contributed by atoms with E-state index in [-0.39, 0.29) is 41.2 Å². The minimum atomic E-state index is -0.403. The van der Waals surface area contributed by atoms with Crippen LogP contribution < -0.4 is 10.2 Å². The van der Waals surface area contributed by atoms with Crippen LogP contribution in [0, 0.1) is 5.82 Å². The average molecular weight is 529 g/mol. The quantitative estimate of drug-likeness (QED) is 0.464. The summed E-state index contributed by atoms with van der Waals surface area (Å²) in [5, 5.41) is 8.03. The number of carbonyl (C=O) groups is 2. The van der Waals surface area contributed by atoms with Crippen LogP contribution in [0.3, 0.4) is 0 Å². The number of anilines is 1. The molecule has 1 aromatic heterocycles. The second-order valence-electron chi connectivity index (χ2n) is 10.2. The molecule has 0 fully saturated rings. The summed E-state index contributed by atoms with van der Waals surface area (Å²) in [5.74, 6) is -0.204. The predicted molar refractivity (Wildman–Crippen MR) is 144 cm³/mol. The second kappa shape index (κ2) is 10.3. The van der Waals surface area contributed by atoms with Crippen molar-refractivity contribution in [3.05, 3.63) is 76.2 Å². The van der Waals surface area contributed by atoms with Gasteiger partial charge in [0, 0.05) is 22.0 Å². The third kappa shape index (κ3) is 5.44. The number of aromatic nitrogens is 2. The Hall–Kier alpha value is -2.84. The number of halogens is 2. The monoisotopic (exact) mass is 528 g/mol. The Morgan fingerprint density at radius 1 is 1.22 bits per heavy atom. The summed E-state index contributed by atoms with van der Waals surface area (Å²) in [6, 6.07) is 13.6. The van der Waals surface area contributed by atoms with Crippen LogP contribution in [0.5, 0.6) is 0 Å². The number of thioether (sulfide) groups is 1. The van der Waals surface area contributed by atoms with E-state index in [9.17, 15) is 14.0 Å². The predicted octanol–water partition coefficient (Wildman–Crippen LogP) is 5.66. The van der Waals surface area contributed by atoms with Crippen molar-refractivity contribution in [3.8, 4) is 5.69 Å². The molecule has 1 aliphatic rings. The van der Waals surface area contributed by atoms with Gasteiger partial charge in [-0.3, -0.25) is 14.5 Å². The molecule has 0 unspecified atom stereocenters.